The van der Waals surface area contributed by atoms with E-state index >= 15 is 0 Å². The summed E-state index contributed by atoms with van der Waals surface area (Å²) in [6.45, 7) is 1.36. The molecule has 0 bridgehead atoms. The minimum absolute atomic E-state index is 0.125. The zero-order valence-electron chi connectivity index (χ0n) is 21.1. The van der Waals surface area contributed by atoms with Crippen LogP contribution in [0, 0.1) is 5.92 Å². The molecule has 0 saturated heterocycles. The molecular formula is C32H30N2O4. The molecule has 6 heteroatoms. The smallest absolute Gasteiger partial charge is 0.287 e. The molecule has 0 spiro atoms. The van der Waals surface area contributed by atoms with Gasteiger partial charge in [0, 0.05) is 19.0 Å². The summed E-state index contributed by atoms with van der Waals surface area (Å²) in [5.74, 6) is 1.68. The Morgan fingerprint density at radius 1 is 0.921 bits per heavy atom. The third-order valence-electron chi connectivity index (χ3n) is 7.23. The van der Waals surface area contributed by atoms with E-state index in [1.54, 1.807) is 12.1 Å². The van der Waals surface area contributed by atoms with E-state index in [4.69, 9.17) is 9.15 Å². The lowest BCUT2D eigenvalue weighted by Gasteiger charge is -2.38. The summed E-state index contributed by atoms with van der Waals surface area (Å²) in [4.78, 5) is 27.7. The molecule has 1 aliphatic heterocycles. The van der Waals surface area contributed by atoms with E-state index in [1.165, 1.54) is 5.56 Å². The molecule has 1 N–H and O–H groups in total. The van der Waals surface area contributed by atoms with Crippen LogP contribution in [0.4, 0.5) is 0 Å². The van der Waals surface area contributed by atoms with Crippen molar-refractivity contribution in [2.45, 2.75) is 38.5 Å². The van der Waals surface area contributed by atoms with Gasteiger partial charge in [-0.15, -0.1) is 0 Å². The topological polar surface area (TPSA) is 71.8 Å². The minimum atomic E-state index is -0.264. The van der Waals surface area contributed by atoms with E-state index in [0.717, 1.165) is 42.5 Å². The fraction of sp³-hybridized carbons (Fsp3) is 0.250. The Morgan fingerprint density at radius 3 is 2.45 bits per heavy atom. The highest BCUT2D eigenvalue weighted by Crippen LogP contribution is 2.41. The Balaban J connectivity index is 1.16. The van der Waals surface area contributed by atoms with Gasteiger partial charge in [-0.3, -0.25) is 9.59 Å². The fourth-order valence-electron chi connectivity index (χ4n) is 5.08. The van der Waals surface area contributed by atoms with Crippen LogP contribution in [0.3, 0.4) is 0 Å². The van der Waals surface area contributed by atoms with Gasteiger partial charge in [0.05, 0.1) is 6.04 Å². The first kappa shape index (κ1) is 24.0. The van der Waals surface area contributed by atoms with Gasteiger partial charge < -0.3 is 19.4 Å². The van der Waals surface area contributed by atoms with E-state index in [2.05, 4.69) is 29.6 Å². The fourth-order valence-corrected chi connectivity index (χ4v) is 5.08. The van der Waals surface area contributed by atoms with E-state index in [9.17, 15) is 9.59 Å². The van der Waals surface area contributed by atoms with Crippen molar-refractivity contribution in [2.24, 2.45) is 5.92 Å². The first-order valence-electron chi connectivity index (χ1n) is 13.2. The molecule has 192 valence electrons. The number of ether oxygens (including phenoxy) is 1. The van der Waals surface area contributed by atoms with Crippen molar-refractivity contribution >= 4 is 11.8 Å². The van der Waals surface area contributed by atoms with Gasteiger partial charge in [0.1, 0.15) is 18.1 Å². The molecule has 1 aromatic heterocycles. The molecule has 1 fully saturated rings. The van der Waals surface area contributed by atoms with Crippen molar-refractivity contribution in [3.05, 3.63) is 125 Å². The van der Waals surface area contributed by atoms with Crippen LogP contribution in [0.15, 0.2) is 95.4 Å². The van der Waals surface area contributed by atoms with Gasteiger partial charge in [-0.25, -0.2) is 0 Å². The summed E-state index contributed by atoms with van der Waals surface area (Å²) in [6, 6.07) is 29.4. The van der Waals surface area contributed by atoms with Crippen LogP contribution in [0.25, 0.3) is 0 Å². The zero-order chi connectivity index (χ0) is 25.9. The highest BCUT2D eigenvalue weighted by Gasteiger charge is 2.39. The predicted molar refractivity (Wildman–Crippen MR) is 144 cm³/mol. The second-order valence-electron chi connectivity index (χ2n) is 9.95. The average Bonchev–Trinajstić information content (AvgIpc) is 3.71. The first-order valence-corrected chi connectivity index (χ1v) is 13.2. The maximum atomic E-state index is 13.2. The maximum Gasteiger partial charge on any atom is 0.287 e. The van der Waals surface area contributed by atoms with Crippen molar-refractivity contribution in [2.75, 3.05) is 6.54 Å². The number of fused-ring (bicyclic) bond motifs is 1. The molecule has 1 atom stereocenters. The highest BCUT2D eigenvalue weighted by molar-refractivity contribution is 5.91. The van der Waals surface area contributed by atoms with Crippen LogP contribution >= 0.6 is 0 Å². The third kappa shape index (κ3) is 5.21. The zero-order valence-corrected chi connectivity index (χ0v) is 21.1. The van der Waals surface area contributed by atoms with Gasteiger partial charge in [0.25, 0.3) is 5.91 Å². The highest BCUT2D eigenvalue weighted by atomic mass is 16.5. The van der Waals surface area contributed by atoms with Gasteiger partial charge in [-0.2, -0.15) is 0 Å². The molecule has 2 heterocycles. The van der Waals surface area contributed by atoms with Crippen molar-refractivity contribution < 1.29 is 18.7 Å². The molecule has 2 aliphatic rings. The van der Waals surface area contributed by atoms with Crippen LogP contribution in [0.2, 0.25) is 0 Å². The molecular weight excluding hydrogens is 476 g/mol. The quantitative estimate of drug-likeness (QED) is 0.334. The van der Waals surface area contributed by atoms with Gasteiger partial charge in [-0.1, -0.05) is 66.7 Å². The molecule has 0 radical (unpaired) electrons. The standard InChI is InChI=1S/C32H30N2O4/c35-31(33-20-22-7-3-1-4-8-22)29-16-15-27(38-29)21-37-26-14-13-23-17-18-34(32(36)25-11-12-25)30(28(23)19-26)24-9-5-2-6-10-24/h1-10,13-16,19,25,30H,11-12,17-18,20-21H2,(H,33,35)/t30-/m0/s1. The average molecular weight is 507 g/mol. The molecule has 38 heavy (non-hydrogen) atoms. The van der Waals surface area contributed by atoms with Gasteiger partial charge in [0.15, 0.2) is 5.76 Å². The summed E-state index contributed by atoms with van der Waals surface area (Å²) >= 11 is 0. The number of nitrogens with one attached hydrogen (secondary N) is 1. The number of rotatable bonds is 8. The maximum absolute atomic E-state index is 13.2. The van der Waals surface area contributed by atoms with Crippen molar-refractivity contribution in [3.8, 4) is 5.75 Å². The monoisotopic (exact) mass is 506 g/mol. The number of hydrogen-bond acceptors (Lipinski definition) is 4. The van der Waals surface area contributed by atoms with Crippen LogP contribution in [0.1, 0.15) is 57.5 Å². The van der Waals surface area contributed by atoms with Crippen molar-refractivity contribution in [3.63, 3.8) is 0 Å². The second kappa shape index (κ2) is 10.6. The van der Waals surface area contributed by atoms with E-state index in [1.807, 2.05) is 59.5 Å². The molecule has 0 unspecified atom stereocenters. The number of amides is 2. The molecule has 6 nitrogen and oxygen atoms in total. The van der Waals surface area contributed by atoms with E-state index in [0.29, 0.717) is 18.1 Å². The molecule has 2 amide bonds. The Kier molecular flexibility index (Phi) is 6.69. The number of benzene rings is 3. The van der Waals surface area contributed by atoms with Crippen molar-refractivity contribution in [1.82, 2.24) is 10.2 Å². The first-order chi connectivity index (χ1) is 18.7. The van der Waals surface area contributed by atoms with Crippen molar-refractivity contribution in [1.29, 1.82) is 0 Å². The SMILES string of the molecule is O=C(NCc1ccccc1)c1ccc(COc2ccc3c(c2)[C@H](c2ccccc2)N(C(=O)C2CC2)CC3)o1. The van der Waals surface area contributed by atoms with Gasteiger partial charge >= 0.3 is 0 Å². The Bertz CT molecular complexity index is 1430. The number of carbonyl (C=O) groups excluding carboxylic acids is 2. The molecule has 1 aliphatic carbocycles. The molecule has 6 rings (SSSR count). The summed E-state index contributed by atoms with van der Waals surface area (Å²) in [5, 5.41) is 2.88. The van der Waals surface area contributed by atoms with Crippen LogP contribution < -0.4 is 10.1 Å². The van der Waals surface area contributed by atoms with Crippen LogP contribution in [-0.2, 0) is 24.4 Å². The predicted octanol–water partition coefficient (Wildman–Crippen LogP) is 5.67. The third-order valence-corrected chi connectivity index (χ3v) is 7.23. The Hall–Kier alpha value is -4.32. The molecule has 4 aromatic rings. The lowest BCUT2D eigenvalue weighted by atomic mass is 9.87. The number of nitrogens with zero attached hydrogens (tertiary/aromatic N) is 1. The largest absolute Gasteiger partial charge is 0.486 e. The summed E-state index contributed by atoms with van der Waals surface area (Å²) in [6.07, 6.45) is 2.81. The second-order valence-corrected chi connectivity index (χ2v) is 9.95. The lowest BCUT2D eigenvalue weighted by Crippen LogP contribution is -2.41. The van der Waals surface area contributed by atoms with E-state index < -0.39 is 0 Å². The van der Waals surface area contributed by atoms with Crippen LogP contribution in [0.5, 0.6) is 5.75 Å². The minimum Gasteiger partial charge on any atom is -0.486 e. The van der Waals surface area contributed by atoms with Gasteiger partial charge in [0.2, 0.25) is 5.91 Å². The summed E-state index contributed by atoms with van der Waals surface area (Å²) in [5.41, 5.74) is 4.47. The van der Waals surface area contributed by atoms with Gasteiger partial charge in [-0.05, 0) is 65.8 Å². The lowest BCUT2D eigenvalue weighted by molar-refractivity contribution is -0.134. The summed E-state index contributed by atoms with van der Waals surface area (Å²) < 4.78 is 11.8. The number of carbonyl (C=O) groups is 2. The van der Waals surface area contributed by atoms with Crippen LogP contribution in [-0.4, -0.2) is 23.3 Å². The normalized spacial score (nSPS) is 16.5. The molecule has 1 saturated carbocycles. The van der Waals surface area contributed by atoms with E-state index in [-0.39, 0.29) is 36.1 Å². The number of hydrogen-bond donors (Lipinski definition) is 1. The number of furan rings is 1. The Morgan fingerprint density at radius 2 is 1.68 bits per heavy atom. The summed E-state index contributed by atoms with van der Waals surface area (Å²) in [7, 11) is 0. The molecule has 3 aromatic carbocycles. The Labute approximate surface area is 222 Å².